The maximum atomic E-state index is 13.9. The van der Waals surface area contributed by atoms with E-state index in [9.17, 15) is 14.0 Å². The van der Waals surface area contributed by atoms with Gasteiger partial charge in [0.2, 0.25) is 0 Å². The van der Waals surface area contributed by atoms with E-state index in [0.29, 0.717) is 19.5 Å². The first-order valence-corrected chi connectivity index (χ1v) is 9.32. The van der Waals surface area contributed by atoms with Crippen molar-refractivity contribution in [3.8, 4) is 0 Å². The van der Waals surface area contributed by atoms with Crippen LogP contribution in [0.25, 0.3) is 0 Å². The second-order valence-electron chi connectivity index (χ2n) is 7.28. The van der Waals surface area contributed by atoms with Crippen LogP contribution in [-0.2, 0) is 16.1 Å². The molecule has 0 radical (unpaired) electrons. The molecule has 0 aromatic heterocycles. The van der Waals surface area contributed by atoms with Crippen molar-refractivity contribution in [1.29, 1.82) is 0 Å². The minimum absolute atomic E-state index is 0.00472. The van der Waals surface area contributed by atoms with Crippen LogP contribution in [0, 0.1) is 19.7 Å². The molecule has 1 aliphatic heterocycles. The van der Waals surface area contributed by atoms with Gasteiger partial charge in [0.05, 0.1) is 12.7 Å². The van der Waals surface area contributed by atoms with E-state index >= 15 is 0 Å². The van der Waals surface area contributed by atoms with E-state index < -0.39 is 17.8 Å². The van der Waals surface area contributed by atoms with Crippen molar-refractivity contribution in [1.82, 2.24) is 10.2 Å². The lowest BCUT2D eigenvalue weighted by Crippen LogP contribution is -2.38. The van der Waals surface area contributed by atoms with Crippen molar-refractivity contribution in [2.24, 2.45) is 0 Å². The molecular formula is C22H25FN2O3. The summed E-state index contributed by atoms with van der Waals surface area (Å²) in [5.74, 6) is -1.36. The molecule has 0 unspecified atom stereocenters. The Labute approximate surface area is 164 Å². The number of rotatable bonds is 5. The van der Waals surface area contributed by atoms with Crippen LogP contribution in [0.2, 0.25) is 0 Å². The zero-order valence-electron chi connectivity index (χ0n) is 16.4. The molecule has 2 aromatic rings. The van der Waals surface area contributed by atoms with Gasteiger partial charge in [-0.1, -0.05) is 35.9 Å². The zero-order valence-corrected chi connectivity index (χ0v) is 16.4. The van der Waals surface area contributed by atoms with Crippen LogP contribution in [0.1, 0.15) is 33.5 Å². The Morgan fingerprint density at radius 3 is 2.68 bits per heavy atom. The number of likely N-dealkylation sites (tertiary alicyclic amines) is 1. The molecule has 0 aliphatic carbocycles. The molecular weight excluding hydrogens is 359 g/mol. The quantitative estimate of drug-likeness (QED) is 0.806. The summed E-state index contributed by atoms with van der Waals surface area (Å²) in [6.07, 6.45) is 0.428. The molecule has 1 saturated heterocycles. The molecule has 0 bridgehead atoms. The number of aryl methyl sites for hydroxylation is 2. The number of methoxy groups -OCH3 is 1. The third kappa shape index (κ3) is 4.39. The second kappa shape index (κ2) is 8.52. The highest BCUT2D eigenvalue weighted by molar-refractivity contribution is 5.94. The van der Waals surface area contributed by atoms with Gasteiger partial charge in [0, 0.05) is 19.1 Å². The van der Waals surface area contributed by atoms with Crippen molar-refractivity contribution in [3.63, 3.8) is 0 Å². The van der Waals surface area contributed by atoms with Crippen LogP contribution >= 0.6 is 0 Å². The van der Waals surface area contributed by atoms with Crippen molar-refractivity contribution in [2.75, 3.05) is 13.7 Å². The average molecular weight is 384 g/mol. The van der Waals surface area contributed by atoms with Gasteiger partial charge in [0.1, 0.15) is 11.9 Å². The van der Waals surface area contributed by atoms with Crippen molar-refractivity contribution in [3.05, 3.63) is 70.5 Å². The van der Waals surface area contributed by atoms with Crippen LogP contribution < -0.4 is 5.32 Å². The number of hydrogen-bond acceptors (Lipinski definition) is 4. The average Bonchev–Trinajstić information content (AvgIpc) is 3.06. The third-order valence-electron chi connectivity index (χ3n) is 5.21. The van der Waals surface area contributed by atoms with Gasteiger partial charge in [0.15, 0.2) is 0 Å². The van der Waals surface area contributed by atoms with Crippen LogP contribution in [0.5, 0.6) is 0 Å². The summed E-state index contributed by atoms with van der Waals surface area (Å²) in [7, 11) is 1.36. The van der Waals surface area contributed by atoms with E-state index in [0.717, 1.165) is 16.7 Å². The number of benzene rings is 2. The molecule has 2 aromatic carbocycles. The first kappa shape index (κ1) is 20.0. The lowest BCUT2D eigenvalue weighted by Gasteiger charge is -2.23. The number of hydrogen-bond donors (Lipinski definition) is 1. The molecule has 5 nitrogen and oxygen atoms in total. The fourth-order valence-electron chi connectivity index (χ4n) is 3.66. The van der Waals surface area contributed by atoms with Crippen LogP contribution in [0.4, 0.5) is 4.39 Å². The molecule has 28 heavy (non-hydrogen) atoms. The Kier molecular flexibility index (Phi) is 6.09. The van der Waals surface area contributed by atoms with E-state index in [-0.39, 0.29) is 17.6 Å². The lowest BCUT2D eigenvalue weighted by atomic mass is 10.0. The predicted octanol–water partition coefficient (Wildman–Crippen LogP) is 2.99. The van der Waals surface area contributed by atoms with Gasteiger partial charge in [-0.3, -0.25) is 14.5 Å². The molecule has 1 aliphatic rings. The molecule has 0 saturated carbocycles. The first-order chi connectivity index (χ1) is 13.4. The Hall–Kier alpha value is -2.73. The number of amides is 1. The normalized spacial score (nSPS) is 19.4. The van der Waals surface area contributed by atoms with Crippen molar-refractivity contribution in [2.45, 2.75) is 38.9 Å². The molecule has 1 N–H and O–H groups in total. The minimum atomic E-state index is -0.560. The molecule has 1 heterocycles. The maximum absolute atomic E-state index is 13.9. The highest BCUT2D eigenvalue weighted by atomic mass is 19.1. The number of carbonyl (C=O) groups is 2. The summed E-state index contributed by atoms with van der Waals surface area (Å²) < 4.78 is 18.8. The number of halogens is 1. The molecule has 0 spiro atoms. The summed E-state index contributed by atoms with van der Waals surface area (Å²) in [6, 6.07) is 11.4. The molecule has 2 atom stereocenters. The Morgan fingerprint density at radius 1 is 1.21 bits per heavy atom. The largest absolute Gasteiger partial charge is 0.468 e. The first-order valence-electron chi connectivity index (χ1n) is 9.32. The highest BCUT2D eigenvalue weighted by Gasteiger charge is 2.38. The SMILES string of the molecule is COC(=O)[C@@H]1C[C@H](NC(=O)c2ccccc2F)CN1Cc1cc(C)ccc1C. The van der Waals surface area contributed by atoms with E-state index in [1.54, 1.807) is 12.1 Å². The lowest BCUT2D eigenvalue weighted by molar-refractivity contribution is -0.146. The maximum Gasteiger partial charge on any atom is 0.323 e. The van der Waals surface area contributed by atoms with Gasteiger partial charge < -0.3 is 10.1 Å². The van der Waals surface area contributed by atoms with Gasteiger partial charge in [0.25, 0.3) is 5.91 Å². The molecule has 6 heteroatoms. The molecule has 148 valence electrons. The van der Waals surface area contributed by atoms with Gasteiger partial charge in [-0.15, -0.1) is 0 Å². The smallest absolute Gasteiger partial charge is 0.323 e. The third-order valence-corrected chi connectivity index (χ3v) is 5.21. The number of ether oxygens (including phenoxy) is 1. The minimum Gasteiger partial charge on any atom is -0.468 e. The molecule has 1 fully saturated rings. The second-order valence-corrected chi connectivity index (χ2v) is 7.28. The van der Waals surface area contributed by atoms with E-state index in [2.05, 4.69) is 23.5 Å². The van der Waals surface area contributed by atoms with Crippen molar-refractivity contribution < 1.29 is 18.7 Å². The van der Waals surface area contributed by atoms with Crippen LogP contribution in [0.3, 0.4) is 0 Å². The monoisotopic (exact) mass is 384 g/mol. The van der Waals surface area contributed by atoms with E-state index in [4.69, 9.17) is 4.74 Å². The van der Waals surface area contributed by atoms with Gasteiger partial charge in [-0.2, -0.15) is 0 Å². The van der Waals surface area contributed by atoms with E-state index in [1.165, 1.54) is 19.2 Å². The zero-order chi connectivity index (χ0) is 20.3. The van der Waals surface area contributed by atoms with Gasteiger partial charge in [-0.25, -0.2) is 4.39 Å². The summed E-state index contributed by atoms with van der Waals surface area (Å²) in [5.41, 5.74) is 3.44. The fourth-order valence-corrected chi connectivity index (χ4v) is 3.66. The van der Waals surface area contributed by atoms with Gasteiger partial charge in [-0.05, 0) is 43.5 Å². The number of nitrogens with one attached hydrogen (secondary N) is 1. The predicted molar refractivity (Wildman–Crippen MR) is 104 cm³/mol. The Balaban J connectivity index is 1.75. The van der Waals surface area contributed by atoms with Crippen LogP contribution in [0.15, 0.2) is 42.5 Å². The summed E-state index contributed by atoms with van der Waals surface area (Å²) in [6.45, 7) is 5.14. The Bertz CT molecular complexity index is 884. The Morgan fingerprint density at radius 2 is 1.96 bits per heavy atom. The van der Waals surface area contributed by atoms with Crippen LogP contribution in [-0.4, -0.2) is 42.5 Å². The molecule has 1 amide bonds. The number of esters is 1. The standard InChI is InChI=1S/C22H25FN2O3/c1-14-8-9-15(2)16(10-14)12-25-13-17(11-20(25)22(27)28-3)24-21(26)18-6-4-5-7-19(18)23/h4-10,17,20H,11-13H2,1-3H3,(H,24,26)/t17-,20-/m0/s1. The molecule has 3 rings (SSSR count). The topological polar surface area (TPSA) is 58.6 Å². The summed E-state index contributed by atoms with van der Waals surface area (Å²) in [5, 5.41) is 2.86. The number of carbonyl (C=O) groups excluding carboxylic acids is 2. The van der Waals surface area contributed by atoms with Gasteiger partial charge >= 0.3 is 5.97 Å². The summed E-state index contributed by atoms with van der Waals surface area (Å²) >= 11 is 0. The number of nitrogens with zero attached hydrogens (tertiary/aromatic N) is 1. The van der Waals surface area contributed by atoms with E-state index in [1.807, 2.05) is 18.7 Å². The fraction of sp³-hybridized carbons (Fsp3) is 0.364. The summed E-state index contributed by atoms with van der Waals surface area (Å²) in [4.78, 5) is 26.7. The highest BCUT2D eigenvalue weighted by Crippen LogP contribution is 2.24. The van der Waals surface area contributed by atoms with Crippen molar-refractivity contribution >= 4 is 11.9 Å².